The molecule has 0 spiro atoms. The lowest BCUT2D eigenvalue weighted by Crippen LogP contribution is -2.26. The lowest BCUT2D eigenvalue weighted by molar-refractivity contribution is -0.150. The molecule has 0 rings (SSSR count). The van der Waals surface area contributed by atoms with Gasteiger partial charge in [-0.2, -0.15) is 0 Å². The van der Waals surface area contributed by atoms with Gasteiger partial charge in [-0.3, -0.25) is 0 Å². The van der Waals surface area contributed by atoms with Crippen molar-refractivity contribution in [1.82, 2.24) is 0 Å². The monoisotopic (exact) mass is 198 g/mol. The van der Waals surface area contributed by atoms with E-state index in [9.17, 15) is 9.59 Å². The summed E-state index contributed by atoms with van der Waals surface area (Å²) in [7, 11) is 0. The average molecular weight is 198 g/mol. The third kappa shape index (κ3) is 5.99. The van der Waals surface area contributed by atoms with Crippen LogP contribution in [0.25, 0.3) is 0 Å². The SMILES string of the molecule is C=CCC(C)(C)OC(=O)/C=C/C(=O)O. The van der Waals surface area contributed by atoms with Crippen LogP contribution >= 0.6 is 0 Å². The molecule has 0 unspecified atom stereocenters. The van der Waals surface area contributed by atoms with Crippen LogP contribution in [-0.4, -0.2) is 22.6 Å². The smallest absolute Gasteiger partial charge is 0.331 e. The first-order valence-corrected chi connectivity index (χ1v) is 4.12. The van der Waals surface area contributed by atoms with Crippen molar-refractivity contribution in [2.24, 2.45) is 0 Å². The third-order valence-electron chi connectivity index (χ3n) is 1.37. The molecule has 78 valence electrons. The number of aliphatic carboxylic acids is 1. The van der Waals surface area contributed by atoms with Gasteiger partial charge in [0.15, 0.2) is 0 Å². The summed E-state index contributed by atoms with van der Waals surface area (Å²) in [6.07, 6.45) is 3.77. The molecule has 0 heterocycles. The second-order valence-electron chi connectivity index (χ2n) is 3.35. The van der Waals surface area contributed by atoms with E-state index in [2.05, 4.69) is 6.58 Å². The fraction of sp³-hybridized carbons (Fsp3) is 0.400. The highest BCUT2D eigenvalue weighted by atomic mass is 16.6. The Bertz CT molecular complexity index is 263. The zero-order valence-corrected chi connectivity index (χ0v) is 8.32. The summed E-state index contributed by atoms with van der Waals surface area (Å²) < 4.78 is 4.97. The van der Waals surface area contributed by atoms with Gasteiger partial charge in [0.25, 0.3) is 0 Å². The molecule has 0 aliphatic heterocycles. The molecular formula is C10H14O4. The Kier molecular flexibility index (Phi) is 4.63. The standard InChI is InChI=1S/C10H14O4/c1-4-7-10(2,3)14-9(13)6-5-8(11)12/h4-6H,1,7H2,2-3H3,(H,11,12)/b6-5+. The Morgan fingerprint density at radius 1 is 1.43 bits per heavy atom. The zero-order chi connectivity index (χ0) is 11.2. The Labute approximate surface area is 82.9 Å². The van der Waals surface area contributed by atoms with E-state index in [1.807, 2.05) is 0 Å². The molecule has 0 aliphatic rings. The van der Waals surface area contributed by atoms with Crippen molar-refractivity contribution in [3.8, 4) is 0 Å². The second-order valence-corrected chi connectivity index (χ2v) is 3.35. The number of ether oxygens (including phenoxy) is 1. The van der Waals surface area contributed by atoms with E-state index in [-0.39, 0.29) is 0 Å². The average Bonchev–Trinajstić information content (AvgIpc) is 1.99. The van der Waals surface area contributed by atoms with E-state index in [0.717, 1.165) is 12.2 Å². The first-order valence-electron chi connectivity index (χ1n) is 4.12. The highest BCUT2D eigenvalue weighted by Crippen LogP contribution is 2.14. The highest BCUT2D eigenvalue weighted by molar-refractivity contribution is 5.90. The Balaban J connectivity index is 4.18. The fourth-order valence-electron chi connectivity index (χ4n) is 0.835. The molecule has 0 atom stereocenters. The molecule has 0 bridgehead atoms. The first kappa shape index (κ1) is 12.4. The van der Waals surface area contributed by atoms with Crippen LogP contribution in [0.3, 0.4) is 0 Å². The molecule has 0 aliphatic carbocycles. The van der Waals surface area contributed by atoms with Gasteiger partial charge in [-0.25, -0.2) is 9.59 Å². The molecule has 4 nitrogen and oxygen atoms in total. The fourth-order valence-corrected chi connectivity index (χ4v) is 0.835. The molecule has 0 radical (unpaired) electrons. The van der Waals surface area contributed by atoms with Gasteiger partial charge in [0.2, 0.25) is 0 Å². The van der Waals surface area contributed by atoms with Crippen LogP contribution in [0.1, 0.15) is 20.3 Å². The largest absolute Gasteiger partial charge is 0.478 e. The number of carbonyl (C=O) groups is 2. The summed E-state index contributed by atoms with van der Waals surface area (Å²) >= 11 is 0. The summed E-state index contributed by atoms with van der Waals surface area (Å²) in [5, 5.41) is 8.25. The van der Waals surface area contributed by atoms with Gasteiger partial charge in [-0.05, 0) is 13.8 Å². The molecule has 0 saturated carbocycles. The van der Waals surface area contributed by atoms with Crippen molar-refractivity contribution in [3.63, 3.8) is 0 Å². The van der Waals surface area contributed by atoms with Gasteiger partial charge in [0, 0.05) is 18.6 Å². The van der Waals surface area contributed by atoms with E-state index in [1.54, 1.807) is 19.9 Å². The normalized spacial score (nSPS) is 11.3. The molecule has 0 amide bonds. The topological polar surface area (TPSA) is 63.6 Å². The van der Waals surface area contributed by atoms with Crippen LogP contribution in [0.15, 0.2) is 24.8 Å². The van der Waals surface area contributed by atoms with Crippen LogP contribution in [-0.2, 0) is 14.3 Å². The number of carboxylic acids is 1. The second kappa shape index (κ2) is 5.21. The van der Waals surface area contributed by atoms with Gasteiger partial charge in [0.05, 0.1) is 0 Å². The number of carbonyl (C=O) groups excluding carboxylic acids is 1. The van der Waals surface area contributed by atoms with Gasteiger partial charge in [0.1, 0.15) is 5.60 Å². The summed E-state index contributed by atoms with van der Waals surface area (Å²) in [5.41, 5.74) is -0.651. The van der Waals surface area contributed by atoms with Gasteiger partial charge in [-0.1, -0.05) is 6.08 Å². The quantitative estimate of drug-likeness (QED) is 0.413. The molecule has 0 aromatic heterocycles. The summed E-state index contributed by atoms with van der Waals surface area (Å²) in [6.45, 7) is 6.97. The van der Waals surface area contributed by atoms with E-state index in [4.69, 9.17) is 9.84 Å². The van der Waals surface area contributed by atoms with Crippen molar-refractivity contribution in [1.29, 1.82) is 0 Å². The molecule has 4 heteroatoms. The predicted molar refractivity (Wildman–Crippen MR) is 51.8 cm³/mol. The van der Waals surface area contributed by atoms with Gasteiger partial charge in [-0.15, -0.1) is 6.58 Å². The maximum atomic E-state index is 11.0. The number of rotatable bonds is 5. The Morgan fingerprint density at radius 2 is 2.00 bits per heavy atom. The summed E-state index contributed by atoms with van der Waals surface area (Å²) in [6, 6.07) is 0. The minimum atomic E-state index is -1.18. The van der Waals surface area contributed by atoms with Crippen LogP contribution in [0.5, 0.6) is 0 Å². The van der Waals surface area contributed by atoms with Crippen LogP contribution in [0.2, 0.25) is 0 Å². The molecule has 0 fully saturated rings. The first-order chi connectivity index (χ1) is 6.37. The van der Waals surface area contributed by atoms with E-state index < -0.39 is 17.5 Å². The number of hydrogen-bond donors (Lipinski definition) is 1. The van der Waals surface area contributed by atoms with E-state index in [1.165, 1.54) is 0 Å². The van der Waals surface area contributed by atoms with Crippen LogP contribution in [0.4, 0.5) is 0 Å². The lowest BCUT2D eigenvalue weighted by Gasteiger charge is -2.22. The molecule has 0 saturated heterocycles. The number of esters is 1. The molecule has 0 aromatic rings. The maximum Gasteiger partial charge on any atom is 0.331 e. The summed E-state index contributed by atoms with van der Waals surface area (Å²) in [5.74, 6) is -1.84. The van der Waals surface area contributed by atoms with E-state index >= 15 is 0 Å². The third-order valence-corrected chi connectivity index (χ3v) is 1.37. The predicted octanol–water partition coefficient (Wildman–Crippen LogP) is 1.53. The maximum absolute atomic E-state index is 11.0. The molecule has 1 N–H and O–H groups in total. The number of carboxylic acid groups (broad SMARTS) is 1. The van der Waals surface area contributed by atoms with Crippen molar-refractivity contribution < 1.29 is 19.4 Å². The van der Waals surface area contributed by atoms with Crippen LogP contribution in [0, 0.1) is 0 Å². The molecule has 0 aromatic carbocycles. The Hall–Kier alpha value is -1.58. The lowest BCUT2D eigenvalue weighted by atomic mass is 10.1. The van der Waals surface area contributed by atoms with Crippen molar-refractivity contribution in [2.45, 2.75) is 25.9 Å². The van der Waals surface area contributed by atoms with Crippen LogP contribution < -0.4 is 0 Å². The molecule has 14 heavy (non-hydrogen) atoms. The van der Waals surface area contributed by atoms with Crippen molar-refractivity contribution in [2.75, 3.05) is 0 Å². The minimum absolute atomic E-state index is 0.514. The van der Waals surface area contributed by atoms with Gasteiger partial charge < -0.3 is 9.84 Å². The van der Waals surface area contributed by atoms with Gasteiger partial charge >= 0.3 is 11.9 Å². The van der Waals surface area contributed by atoms with Crippen molar-refractivity contribution >= 4 is 11.9 Å². The highest BCUT2D eigenvalue weighted by Gasteiger charge is 2.19. The number of hydrogen-bond acceptors (Lipinski definition) is 3. The summed E-state index contributed by atoms with van der Waals surface area (Å²) in [4.78, 5) is 21.1. The molecular weight excluding hydrogens is 184 g/mol. The Morgan fingerprint density at radius 3 is 2.43 bits per heavy atom. The zero-order valence-electron chi connectivity index (χ0n) is 8.32. The van der Waals surface area contributed by atoms with E-state index in [0.29, 0.717) is 6.42 Å². The van der Waals surface area contributed by atoms with Crippen molar-refractivity contribution in [3.05, 3.63) is 24.8 Å². The minimum Gasteiger partial charge on any atom is -0.478 e.